The molecule has 0 aliphatic heterocycles. The van der Waals surface area contributed by atoms with Gasteiger partial charge in [-0.2, -0.15) is 0 Å². The molecule has 1 atom stereocenters. The molecular weight excluding hydrogens is 164 g/mol. The lowest BCUT2D eigenvalue weighted by Gasteiger charge is -2.10. The van der Waals surface area contributed by atoms with E-state index in [1.807, 2.05) is 6.92 Å². The number of nitrogens with one attached hydrogen (secondary N) is 1. The van der Waals surface area contributed by atoms with E-state index >= 15 is 0 Å². The molecule has 1 rings (SSSR count). The van der Waals surface area contributed by atoms with Crippen molar-refractivity contribution in [1.82, 2.24) is 5.32 Å². The number of carbonyl (C=O) groups is 1. The SMILES string of the molecule is CCNC(=O)C(N)c1cc[c]cc1. The van der Waals surface area contributed by atoms with Crippen molar-refractivity contribution >= 4 is 5.91 Å². The van der Waals surface area contributed by atoms with Crippen LogP contribution in [0.5, 0.6) is 0 Å². The van der Waals surface area contributed by atoms with Crippen molar-refractivity contribution in [1.29, 1.82) is 0 Å². The summed E-state index contributed by atoms with van der Waals surface area (Å²) in [6.07, 6.45) is 0. The van der Waals surface area contributed by atoms with Crippen molar-refractivity contribution in [3.8, 4) is 0 Å². The molecule has 13 heavy (non-hydrogen) atoms. The van der Waals surface area contributed by atoms with Gasteiger partial charge in [-0.15, -0.1) is 0 Å². The number of benzene rings is 1. The zero-order valence-corrected chi connectivity index (χ0v) is 7.58. The summed E-state index contributed by atoms with van der Waals surface area (Å²) in [5.74, 6) is -0.145. The largest absolute Gasteiger partial charge is 0.355 e. The third-order valence-electron chi connectivity index (χ3n) is 1.74. The summed E-state index contributed by atoms with van der Waals surface area (Å²) in [7, 11) is 0. The quantitative estimate of drug-likeness (QED) is 0.711. The predicted molar refractivity (Wildman–Crippen MR) is 50.9 cm³/mol. The van der Waals surface area contributed by atoms with Gasteiger partial charge >= 0.3 is 0 Å². The third-order valence-corrected chi connectivity index (χ3v) is 1.74. The van der Waals surface area contributed by atoms with Crippen LogP contribution >= 0.6 is 0 Å². The molecule has 0 bridgehead atoms. The molecule has 0 aromatic heterocycles. The van der Waals surface area contributed by atoms with Gasteiger partial charge in [0.25, 0.3) is 0 Å². The van der Waals surface area contributed by atoms with Crippen LogP contribution in [0.25, 0.3) is 0 Å². The number of amides is 1. The highest BCUT2D eigenvalue weighted by molar-refractivity contribution is 5.82. The van der Waals surface area contributed by atoms with Gasteiger partial charge in [0, 0.05) is 6.54 Å². The standard InChI is InChI=1S/C10H13N2O/c1-2-12-10(13)9(11)8-6-4-3-5-7-8/h4-7,9H,2,11H2,1H3,(H,12,13). The second-order valence-electron chi connectivity index (χ2n) is 2.71. The summed E-state index contributed by atoms with van der Waals surface area (Å²) < 4.78 is 0. The Morgan fingerprint density at radius 2 is 2.23 bits per heavy atom. The molecule has 0 aliphatic rings. The Balaban J connectivity index is 2.68. The summed E-state index contributed by atoms with van der Waals surface area (Å²) >= 11 is 0. The Kier molecular flexibility index (Phi) is 3.46. The summed E-state index contributed by atoms with van der Waals surface area (Å²) in [5, 5.41) is 2.67. The van der Waals surface area contributed by atoms with Gasteiger partial charge in [0.1, 0.15) is 6.04 Å². The van der Waals surface area contributed by atoms with Crippen molar-refractivity contribution in [2.75, 3.05) is 6.54 Å². The summed E-state index contributed by atoms with van der Waals surface area (Å²) in [6, 6.07) is 9.37. The van der Waals surface area contributed by atoms with E-state index in [2.05, 4.69) is 11.4 Å². The van der Waals surface area contributed by atoms with Crippen LogP contribution in [0.4, 0.5) is 0 Å². The molecule has 0 saturated carbocycles. The van der Waals surface area contributed by atoms with E-state index in [1.54, 1.807) is 24.3 Å². The molecule has 1 aromatic carbocycles. The summed E-state index contributed by atoms with van der Waals surface area (Å²) in [6.45, 7) is 2.47. The molecule has 3 nitrogen and oxygen atoms in total. The van der Waals surface area contributed by atoms with E-state index in [0.29, 0.717) is 6.54 Å². The fourth-order valence-electron chi connectivity index (χ4n) is 1.04. The Labute approximate surface area is 77.9 Å². The van der Waals surface area contributed by atoms with E-state index in [0.717, 1.165) is 5.56 Å². The lowest BCUT2D eigenvalue weighted by Crippen LogP contribution is -2.33. The number of hydrogen-bond donors (Lipinski definition) is 2. The molecular formula is C10H13N2O. The molecule has 0 heterocycles. The molecule has 1 aromatic rings. The average Bonchev–Trinajstić information content (AvgIpc) is 2.18. The van der Waals surface area contributed by atoms with Crippen molar-refractivity contribution in [3.05, 3.63) is 35.9 Å². The zero-order chi connectivity index (χ0) is 9.68. The average molecular weight is 177 g/mol. The van der Waals surface area contributed by atoms with Crippen LogP contribution in [0.2, 0.25) is 0 Å². The van der Waals surface area contributed by atoms with Crippen LogP contribution in [-0.4, -0.2) is 12.5 Å². The third kappa shape index (κ3) is 2.56. The molecule has 3 N–H and O–H groups in total. The monoisotopic (exact) mass is 177 g/mol. The van der Waals surface area contributed by atoms with Gasteiger partial charge in [-0.05, 0) is 18.6 Å². The molecule has 0 spiro atoms. The van der Waals surface area contributed by atoms with Gasteiger partial charge in [-0.1, -0.05) is 24.3 Å². The van der Waals surface area contributed by atoms with E-state index in [9.17, 15) is 4.79 Å². The highest BCUT2D eigenvalue weighted by Crippen LogP contribution is 2.08. The molecule has 0 fully saturated rings. The van der Waals surface area contributed by atoms with Crippen molar-refractivity contribution in [3.63, 3.8) is 0 Å². The molecule has 69 valence electrons. The molecule has 1 radical (unpaired) electrons. The smallest absolute Gasteiger partial charge is 0.241 e. The fourth-order valence-corrected chi connectivity index (χ4v) is 1.04. The van der Waals surface area contributed by atoms with E-state index < -0.39 is 6.04 Å². The first-order chi connectivity index (χ1) is 6.25. The number of hydrogen-bond acceptors (Lipinski definition) is 2. The first-order valence-electron chi connectivity index (χ1n) is 4.25. The van der Waals surface area contributed by atoms with Gasteiger partial charge < -0.3 is 11.1 Å². The second-order valence-corrected chi connectivity index (χ2v) is 2.71. The maximum atomic E-state index is 11.3. The van der Waals surface area contributed by atoms with E-state index in [4.69, 9.17) is 5.73 Å². The Bertz CT molecular complexity index is 272. The van der Waals surface area contributed by atoms with Gasteiger partial charge in [0.2, 0.25) is 5.91 Å². The predicted octanol–water partition coefficient (Wildman–Crippen LogP) is 0.623. The zero-order valence-electron chi connectivity index (χ0n) is 7.58. The molecule has 0 saturated heterocycles. The van der Waals surface area contributed by atoms with Crippen molar-refractivity contribution < 1.29 is 4.79 Å². The maximum Gasteiger partial charge on any atom is 0.241 e. The maximum absolute atomic E-state index is 11.3. The van der Waals surface area contributed by atoms with Crippen LogP contribution in [0.15, 0.2) is 24.3 Å². The highest BCUT2D eigenvalue weighted by atomic mass is 16.2. The van der Waals surface area contributed by atoms with Crippen LogP contribution in [-0.2, 0) is 4.79 Å². The fraction of sp³-hybridized carbons (Fsp3) is 0.300. The van der Waals surface area contributed by atoms with Gasteiger partial charge in [0.05, 0.1) is 0 Å². The minimum Gasteiger partial charge on any atom is -0.355 e. The van der Waals surface area contributed by atoms with Gasteiger partial charge in [-0.3, -0.25) is 4.79 Å². The van der Waals surface area contributed by atoms with Gasteiger partial charge in [-0.25, -0.2) is 0 Å². The number of carbonyl (C=O) groups excluding carboxylic acids is 1. The number of nitrogens with two attached hydrogens (primary N) is 1. The molecule has 3 heteroatoms. The highest BCUT2D eigenvalue weighted by Gasteiger charge is 2.13. The molecule has 1 unspecified atom stereocenters. The van der Waals surface area contributed by atoms with Crippen LogP contribution in [0, 0.1) is 6.07 Å². The Morgan fingerprint density at radius 3 is 2.77 bits per heavy atom. The molecule has 0 aliphatic carbocycles. The van der Waals surface area contributed by atoms with E-state index in [-0.39, 0.29) is 5.91 Å². The summed E-state index contributed by atoms with van der Waals surface area (Å²) in [4.78, 5) is 11.3. The topological polar surface area (TPSA) is 55.1 Å². The van der Waals surface area contributed by atoms with Crippen LogP contribution in [0.1, 0.15) is 18.5 Å². The number of likely N-dealkylation sites (N-methyl/N-ethyl adjacent to an activating group) is 1. The Hall–Kier alpha value is -1.35. The second kappa shape index (κ2) is 4.62. The Morgan fingerprint density at radius 1 is 1.62 bits per heavy atom. The lowest BCUT2D eigenvalue weighted by molar-refractivity contribution is -0.122. The van der Waals surface area contributed by atoms with Crippen molar-refractivity contribution in [2.24, 2.45) is 5.73 Å². The van der Waals surface area contributed by atoms with Crippen molar-refractivity contribution in [2.45, 2.75) is 13.0 Å². The molecule has 1 amide bonds. The minimum absolute atomic E-state index is 0.145. The van der Waals surface area contributed by atoms with Crippen LogP contribution in [0.3, 0.4) is 0 Å². The van der Waals surface area contributed by atoms with Crippen LogP contribution < -0.4 is 11.1 Å². The first kappa shape index (κ1) is 9.74. The minimum atomic E-state index is -0.574. The lowest BCUT2D eigenvalue weighted by atomic mass is 10.1. The number of rotatable bonds is 3. The van der Waals surface area contributed by atoms with Gasteiger partial charge in [0.15, 0.2) is 0 Å². The normalized spacial score (nSPS) is 12.2. The summed E-state index contributed by atoms with van der Waals surface area (Å²) in [5.41, 5.74) is 6.51. The first-order valence-corrected chi connectivity index (χ1v) is 4.25. The van der Waals surface area contributed by atoms with E-state index in [1.165, 1.54) is 0 Å².